The quantitative estimate of drug-likeness (QED) is 0.920. The van der Waals surface area contributed by atoms with E-state index in [1.54, 1.807) is 0 Å². The minimum atomic E-state index is 0.465. The number of likely N-dealkylation sites (N-methyl/N-ethyl adjacent to an activating group) is 3. The van der Waals surface area contributed by atoms with E-state index in [2.05, 4.69) is 60.5 Å². The molecule has 0 spiro atoms. The van der Waals surface area contributed by atoms with Gasteiger partial charge in [0, 0.05) is 24.7 Å². The fraction of sp³-hybridized carbons (Fsp3) is 0.667. The lowest BCUT2D eigenvalue weighted by Crippen LogP contribution is -2.53. The van der Waals surface area contributed by atoms with Gasteiger partial charge >= 0.3 is 0 Å². The van der Waals surface area contributed by atoms with Gasteiger partial charge in [-0.3, -0.25) is 4.90 Å². The van der Waals surface area contributed by atoms with E-state index in [1.807, 2.05) is 0 Å². The van der Waals surface area contributed by atoms with Gasteiger partial charge in [-0.15, -0.1) is 0 Å². The van der Waals surface area contributed by atoms with Crippen molar-refractivity contribution in [3.63, 3.8) is 0 Å². The van der Waals surface area contributed by atoms with Crippen LogP contribution in [0.1, 0.15) is 36.4 Å². The normalized spacial score (nSPS) is 30.4. The van der Waals surface area contributed by atoms with Crippen molar-refractivity contribution in [2.24, 2.45) is 0 Å². The summed E-state index contributed by atoms with van der Waals surface area (Å²) in [5, 5.41) is 3.59. The van der Waals surface area contributed by atoms with Crippen molar-refractivity contribution in [2.75, 3.05) is 34.2 Å². The molecule has 0 bridgehead atoms. The lowest BCUT2D eigenvalue weighted by atomic mass is 9.82. The third-order valence-electron chi connectivity index (χ3n) is 5.49. The van der Waals surface area contributed by atoms with Gasteiger partial charge in [-0.25, -0.2) is 0 Å². The van der Waals surface area contributed by atoms with Crippen LogP contribution in [0.2, 0.25) is 0 Å². The van der Waals surface area contributed by atoms with Crippen LogP contribution in [0, 0.1) is 0 Å². The molecular weight excluding hydrogens is 258 g/mol. The number of nitrogens with zero attached hydrogens (tertiary/aromatic N) is 2. The summed E-state index contributed by atoms with van der Waals surface area (Å²) < 4.78 is 0. The van der Waals surface area contributed by atoms with Crippen LogP contribution < -0.4 is 5.32 Å². The number of fused-ring (bicyclic) bond motifs is 1. The predicted octanol–water partition coefficient (Wildman–Crippen LogP) is 2.29. The van der Waals surface area contributed by atoms with Crippen molar-refractivity contribution < 1.29 is 0 Å². The summed E-state index contributed by atoms with van der Waals surface area (Å²) in [5.74, 6) is 0. The van der Waals surface area contributed by atoms with Crippen molar-refractivity contribution in [3.05, 3.63) is 35.4 Å². The smallest absolute Gasteiger partial charge is 0.0478 e. The van der Waals surface area contributed by atoms with Crippen LogP contribution in [0.3, 0.4) is 0 Å². The number of hydrogen-bond donors (Lipinski definition) is 1. The average molecular weight is 287 g/mol. The Morgan fingerprint density at radius 2 is 2.05 bits per heavy atom. The van der Waals surface area contributed by atoms with Gasteiger partial charge in [0.25, 0.3) is 0 Å². The molecule has 3 atom stereocenters. The highest BCUT2D eigenvalue weighted by atomic mass is 15.2. The zero-order valence-corrected chi connectivity index (χ0v) is 13.7. The summed E-state index contributed by atoms with van der Waals surface area (Å²) in [4.78, 5) is 5.14. The van der Waals surface area contributed by atoms with E-state index in [1.165, 1.54) is 49.9 Å². The fourth-order valence-electron chi connectivity index (χ4n) is 4.27. The van der Waals surface area contributed by atoms with Crippen LogP contribution in [0.25, 0.3) is 0 Å². The molecule has 0 radical (unpaired) electrons. The predicted molar refractivity (Wildman–Crippen MR) is 88.6 cm³/mol. The van der Waals surface area contributed by atoms with Gasteiger partial charge in [0.05, 0.1) is 0 Å². The molecule has 1 fully saturated rings. The summed E-state index contributed by atoms with van der Waals surface area (Å²) in [7, 11) is 6.71. The third kappa shape index (κ3) is 3.01. The van der Waals surface area contributed by atoms with Crippen LogP contribution in [0.5, 0.6) is 0 Å². The molecule has 1 aromatic carbocycles. The summed E-state index contributed by atoms with van der Waals surface area (Å²) in [6, 6.07) is 10.7. The van der Waals surface area contributed by atoms with Gasteiger partial charge in [0.15, 0.2) is 0 Å². The first kappa shape index (κ1) is 15.0. The Bertz CT molecular complexity index is 473. The number of aryl methyl sites for hydroxylation is 1. The van der Waals surface area contributed by atoms with E-state index in [0.717, 1.165) is 0 Å². The van der Waals surface area contributed by atoms with Crippen molar-refractivity contribution in [3.8, 4) is 0 Å². The number of piperidine rings is 1. The number of hydrogen-bond acceptors (Lipinski definition) is 3. The monoisotopic (exact) mass is 287 g/mol. The molecule has 0 aromatic heterocycles. The Hall–Kier alpha value is -0.900. The molecule has 3 heteroatoms. The SMILES string of the molecule is CNC1c2ccccc2CCC1N(C)C1CCCN(C)C1. The number of benzene rings is 1. The van der Waals surface area contributed by atoms with E-state index in [0.29, 0.717) is 18.1 Å². The molecule has 1 heterocycles. The van der Waals surface area contributed by atoms with Crippen LogP contribution in [0.15, 0.2) is 24.3 Å². The summed E-state index contributed by atoms with van der Waals surface area (Å²) in [6.07, 6.45) is 5.15. The first-order chi connectivity index (χ1) is 10.2. The molecule has 1 N–H and O–H groups in total. The third-order valence-corrected chi connectivity index (χ3v) is 5.49. The van der Waals surface area contributed by atoms with Crippen LogP contribution in [-0.2, 0) is 6.42 Å². The van der Waals surface area contributed by atoms with Crippen molar-refractivity contribution >= 4 is 0 Å². The maximum absolute atomic E-state index is 3.59. The maximum atomic E-state index is 3.59. The second-order valence-corrected chi connectivity index (χ2v) is 6.79. The summed E-state index contributed by atoms with van der Waals surface area (Å²) in [6.45, 7) is 2.47. The Labute approximate surface area is 129 Å². The highest BCUT2D eigenvalue weighted by molar-refractivity contribution is 5.34. The minimum absolute atomic E-state index is 0.465. The zero-order chi connectivity index (χ0) is 14.8. The molecular formula is C18H29N3. The fourth-order valence-corrected chi connectivity index (χ4v) is 4.27. The molecule has 2 aliphatic rings. The second-order valence-electron chi connectivity index (χ2n) is 6.79. The van der Waals surface area contributed by atoms with E-state index in [4.69, 9.17) is 0 Å². The second kappa shape index (κ2) is 6.47. The molecule has 0 saturated carbocycles. The van der Waals surface area contributed by atoms with E-state index < -0.39 is 0 Å². The van der Waals surface area contributed by atoms with Crippen molar-refractivity contribution in [1.29, 1.82) is 0 Å². The molecule has 1 aromatic rings. The Balaban J connectivity index is 1.78. The van der Waals surface area contributed by atoms with E-state index in [9.17, 15) is 0 Å². The minimum Gasteiger partial charge on any atom is -0.312 e. The van der Waals surface area contributed by atoms with Gasteiger partial charge < -0.3 is 10.2 Å². The first-order valence-corrected chi connectivity index (χ1v) is 8.36. The van der Waals surface area contributed by atoms with Crippen LogP contribution in [-0.4, -0.2) is 56.1 Å². The van der Waals surface area contributed by atoms with E-state index >= 15 is 0 Å². The Morgan fingerprint density at radius 3 is 2.81 bits per heavy atom. The standard InChI is InChI=1S/C18H29N3/c1-19-18-16-9-5-4-7-14(16)10-11-17(18)21(3)15-8-6-12-20(2)13-15/h4-5,7,9,15,17-19H,6,8,10-13H2,1-3H3. The first-order valence-electron chi connectivity index (χ1n) is 8.36. The highest BCUT2D eigenvalue weighted by Crippen LogP contribution is 2.34. The molecule has 3 nitrogen and oxygen atoms in total. The van der Waals surface area contributed by atoms with E-state index in [-0.39, 0.29) is 0 Å². The number of nitrogens with one attached hydrogen (secondary N) is 1. The number of likely N-dealkylation sites (tertiary alicyclic amines) is 1. The van der Waals surface area contributed by atoms with Gasteiger partial charge in [0.2, 0.25) is 0 Å². The Morgan fingerprint density at radius 1 is 1.24 bits per heavy atom. The van der Waals surface area contributed by atoms with Gasteiger partial charge in [-0.1, -0.05) is 24.3 Å². The largest absolute Gasteiger partial charge is 0.312 e. The lowest BCUT2D eigenvalue weighted by Gasteiger charge is -2.45. The Kier molecular flexibility index (Phi) is 4.63. The molecule has 3 rings (SSSR count). The molecule has 0 amide bonds. The number of rotatable bonds is 3. The summed E-state index contributed by atoms with van der Waals surface area (Å²) in [5.41, 5.74) is 3.04. The average Bonchev–Trinajstić information content (AvgIpc) is 2.53. The highest BCUT2D eigenvalue weighted by Gasteiger charge is 2.34. The van der Waals surface area contributed by atoms with Crippen molar-refractivity contribution in [1.82, 2.24) is 15.1 Å². The van der Waals surface area contributed by atoms with Gasteiger partial charge in [-0.05, 0) is 64.5 Å². The topological polar surface area (TPSA) is 18.5 Å². The molecule has 3 unspecified atom stereocenters. The maximum Gasteiger partial charge on any atom is 0.0478 e. The van der Waals surface area contributed by atoms with Gasteiger partial charge in [-0.2, -0.15) is 0 Å². The lowest BCUT2D eigenvalue weighted by molar-refractivity contribution is 0.0741. The van der Waals surface area contributed by atoms with Gasteiger partial charge in [0.1, 0.15) is 0 Å². The van der Waals surface area contributed by atoms with Crippen molar-refractivity contribution in [2.45, 2.75) is 43.8 Å². The summed E-state index contributed by atoms with van der Waals surface area (Å²) >= 11 is 0. The van der Waals surface area contributed by atoms with Crippen LogP contribution in [0.4, 0.5) is 0 Å². The molecule has 1 saturated heterocycles. The zero-order valence-electron chi connectivity index (χ0n) is 13.7. The molecule has 116 valence electrons. The molecule has 1 aliphatic heterocycles. The molecule has 1 aliphatic carbocycles. The van der Waals surface area contributed by atoms with Crippen LogP contribution >= 0.6 is 0 Å². The molecule has 21 heavy (non-hydrogen) atoms.